The lowest BCUT2D eigenvalue weighted by Gasteiger charge is -2.14. The normalized spacial score (nSPS) is 11.3. The van der Waals surface area contributed by atoms with E-state index in [9.17, 15) is 21.6 Å². The zero-order chi connectivity index (χ0) is 18.8. The van der Waals surface area contributed by atoms with Crippen LogP contribution < -0.4 is 19.9 Å². The van der Waals surface area contributed by atoms with E-state index in [1.165, 1.54) is 14.2 Å². The first-order chi connectivity index (χ1) is 11.7. The number of methoxy groups -OCH3 is 2. The van der Waals surface area contributed by atoms with Crippen LogP contribution in [-0.2, 0) is 16.6 Å². The number of anilines is 1. The fourth-order valence-electron chi connectivity index (χ4n) is 2.19. The molecule has 0 saturated heterocycles. The van der Waals surface area contributed by atoms with Gasteiger partial charge in [-0.3, -0.25) is 0 Å². The maximum atomic E-state index is 14.0. The Kier molecular flexibility index (Phi) is 5.43. The van der Waals surface area contributed by atoms with Crippen LogP contribution in [0.1, 0.15) is 5.56 Å². The van der Waals surface area contributed by atoms with Crippen molar-refractivity contribution in [3.05, 3.63) is 47.3 Å². The molecule has 25 heavy (non-hydrogen) atoms. The lowest BCUT2D eigenvalue weighted by molar-refractivity contribution is 0.354. The highest BCUT2D eigenvalue weighted by atomic mass is 32.2. The number of benzene rings is 2. The number of ether oxygens (including phenoxy) is 2. The van der Waals surface area contributed by atoms with Crippen LogP contribution in [0.4, 0.5) is 18.9 Å². The van der Waals surface area contributed by atoms with E-state index < -0.39 is 38.1 Å². The largest absolute Gasteiger partial charge is 0.493 e. The molecule has 0 bridgehead atoms. The van der Waals surface area contributed by atoms with Crippen molar-refractivity contribution in [2.24, 2.45) is 5.14 Å². The summed E-state index contributed by atoms with van der Waals surface area (Å²) in [6.07, 6.45) is 0. The molecule has 0 heterocycles. The minimum absolute atomic E-state index is 0.106. The van der Waals surface area contributed by atoms with Crippen molar-refractivity contribution in [2.45, 2.75) is 11.4 Å². The van der Waals surface area contributed by atoms with Gasteiger partial charge < -0.3 is 14.8 Å². The van der Waals surface area contributed by atoms with Crippen LogP contribution in [0, 0.1) is 17.5 Å². The van der Waals surface area contributed by atoms with E-state index in [1.807, 2.05) is 0 Å². The summed E-state index contributed by atoms with van der Waals surface area (Å²) < 4.78 is 74.3. The Morgan fingerprint density at radius 2 is 1.68 bits per heavy atom. The molecule has 0 saturated carbocycles. The molecule has 0 aliphatic heterocycles. The predicted molar refractivity (Wildman–Crippen MR) is 84.6 cm³/mol. The van der Waals surface area contributed by atoms with E-state index >= 15 is 0 Å². The second kappa shape index (κ2) is 7.19. The number of hydrogen-bond donors (Lipinski definition) is 2. The van der Waals surface area contributed by atoms with E-state index in [0.717, 1.165) is 0 Å². The van der Waals surface area contributed by atoms with Crippen molar-refractivity contribution in [1.82, 2.24) is 0 Å². The first-order valence-electron chi connectivity index (χ1n) is 6.84. The third kappa shape index (κ3) is 3.97. The van der Waals surface area contributed by atoms with Crippen LogP contribution in [0.2, 0.25) is 0 Å². The zero-order valence-electron chi connectivity index (χ0n) is 13.3. The molecule has 136 valence electrons. The Morgan fingerprint density at radius 1 is 1.04 bits per heavy atom. The number of sulfonamides is 1. The first-order valence-corrected chi connectivity index (χ1v) is 8.38. The molecule has 0 atom stereocenters. The summed E-state index contributed by atoms with van der Waals surface area (Å²) in [4.78, 5) is -1.27. The average Bonchev–Trinajstić information content (AvgIpc) is 2.55. The molecular weight excluding hydrogens is 361 g/mol. The second-order valence-corrected chi connectivity index (χ2v) is 6.44. The van der Waals surface area contributed by atoms with E-state index in [4.69, 9.17) is 14.6 Å². The van der Waals surface area contributed by atoms with Gasteiger partial charge in [-0.15, -0.1) is 0 Å². The summed E-state index contributed by atoms with van der Waals surface area (Å²) in [6.45, 7) is -0.106. The van der Waals surface area contributed by atoms with Gasteiger partial charge in [-0.05, 0) is 17.7 Å². The SMILES string of the molecule is COc1ccc(CNc2c(F)cc(F)c(F)c2S(N)(=O)=O)cc1OC. The van der Waals surface area contributed by atoms with Gasteiger partial charge in [0.1, 0.15) is 4.90 Å². The molecule has 2 rings (SSSR count). The van der Waals surface area contributed by atoms with Crippen molar-refractivity contribution >= 4 is 15.7 Å². The van der Waals surface area contributed by atoms with E-state index in [0.29, 0.717) is 17.1 Å². The fraction of sp³-hybridized carbons (Fsp3) is 0.200. The highest BCUT2D eigenvalue weighted by Crippen LogP contribution is 2.31. The van der Waals surface area contributed by atoms with Crippen molar-refractivity contribution in [3.8, 4) is 11.5 Å². The van der Waals surface area contributed by atoms with E-state index in [2.05, 4.69) is 5.32 Å². The molecule has 0 spiro atoms. The molecule has 0 amide bonds. The smallest absolute Gasteiger partial charge is 0.243 e. The van der Waals surface area contributed by atoms with Crippen LogP contribution >= 0.6 is 0 Å². The molecule has 10 heteroatoms. The van der Waals surface area contributed by atoms with Gasteiger partial charge in [-0.1, -0.05) is 6.07 Å². The highest BCUT2D eigenvalue weighted by Gasteiger charge is 2.26. The quantitative estimate of drug-likeness (QED) is 0.756. The number of primary sulfonamides is 1. The second-order valence-electron chi connectivity index (χ2n) is 4.95. The topological polar surface area (TPSA) is 90.6 Å². The summed E-state index contributed by atoms with van der Waals surface area (Å²) >= 11 is 0. The van der Waals surface area contributed by atoms with Crippen molar-refractivity contribution < 1.29 is 31.1 Å². The van der Waals surface area contributed by atoms with Gasteiger partial charge in [0.25, 0.3) is 0 Å². The van der Waals surface area contributed by atoms with Crippen molar-refractivity contribution in [1.29, 1.82) is 0 Å². The Bertz CT molecular complexity index is 904. The van der Waals surface area contributed by atoms with E-state index in [1.54, 1.807) is 18.2 Å². The molecule has 0 aliphatic carbocycles. The maximum absolute atomic E-state index is 14.0. The van der Waals surface area contributed by atoms with Crippen LogP contribution in [0.25, 0.3) is 0 Å². The summed E-state index contributed by atoms with van der Waals surface area (Å²) in [7, 11) is -1.83. The summed E-state index contributed by atoms with van der Waals surface area (Å²) in [5.41, 5.74) is -0.210. The van der Waals surface area contributed by atoms with Gasteiger partial charge >= 0.3 is 0 Å². The summed E-state index contributed by atoms with van der Waals surface area (Å²) in [6, 6.07) is 4.97. The predicted octanol–water partition coefficient (Wildman–Crippen LogP) is 2.38. The molecule has 2 aromatic carbocycles. The van der Waals surface area contributed by atoms with Gasteiger partial charge in [-0.25, -0.2) is 26.7 Å². The maximum Gasteiger partial charge on any atom is 0.243 e. The Balaban J connectivity index is 2.40. The van der Waals surface area contributed by atoms with Crippen molar-refractivity contribution in [3.63, 3.8) is 0 Å². The minimum Gasteiger partial charge on any atom is -0.493 e. The highest BCUT2D eigenvalue weighted by molar-refractivity contribution is 7.89. The van der Waals surface area contributed by atoms with Gasteiger partial charge in [-0.2, -0.15) is 0 Å². The van der Waals surface area contributed by atoms with Crippen molar-refractivity contribution in [2.75, 3.05) is 19.5 Å². The Labute approximate surface area is 142 Å². The number of halogens is 3. The van der Waals surface area contributed by atoms with Gasteiger partial charge in [0, 0.05) is 12.6 Å². The van der Waals surface area contributed by atoms with Gasteiger partial charge in [0.2, 0.25) is 10.0 Å². The van der Waals surface area contributed by atoms with Crippen LogP contribution in [-0.4, -0.2) is 22.6 Å². The molecule has 3 N–H and O–H groups in total. The zero-order valence-corrected chi connectivity index (χ0v) is 14.1. The molecule has 2 aromatic rings. The van der Waals surface area contributed by atoms with Gasteiger partial charge in [0.15, 0.2) is 29.0 Å². The number of nitrogens with one attached hydrogen (secondary N) is 1. The molecule has 0 radical (unpaired) electrons. The number of nitrogens with two attached hydrogens (primary N) is 1. The molecule has 6 nitrogen and oxygen atoms in total. The third-order valence-corrected chi connectivity index (χ3v) is 4.28. The molecular formula is C15H15F3N2O4S. The lowest BCUT2D eigenvalue weighted by Crippen LogP contribution is -2.19. The fourth-order valence-corrected chi connectivity index (χ4v) is 2.99. The minimum atomic E-state index is -4.70. The van der Waals surface area contributed by atoms with Crippen LogP contribution in [0.3, 0.4) is 0 Å². The Hall–Kier alpha value is -2.46. The number of rotatable bonds is 6. The van der Waals surface area contributed by atoms with Crippen LogP contribution in [0.15, 0.2) is 29.2 Å². The van der Waals surface area contributed by atoms with E-state index in [-0.39, 0.29) is 12.6 Å². The lowest BCUT2D eigenvalue weighted by atomic mass is 10.2. The van der Waals surface area contributed by atoms with Crippen LogP contribution in [0.5, 0.6) is 11.5 Å². The summed E-state index contributed by atoms with van der Waals surface area (Å²) in [5.74, 6) is -3.85. The van der Waals surface area contributed by atoms with Gasteiger partial charge in [0.05, 0.1) is 19.9 Å². The molecule has 0 aromatic heterocycles. The standard InChI is InChI=1S/C15H15F3N2O4S/c1-23-11-4-3-8(5-12(11)24-2)7-20-14-10(17)6-9(16)13(18)15(14)25(19,21)22/h3-6,20H,7H2,1-2H3,(H2,19,21,22). The molecule has 0 fully saturated rings. The summed E-state index contributed by atoms with van der Waals surface area (Å²) in [5, 5.41) is 7.30. The third-order valence-electron chi connectivity index (χ3n) is 3.33. The molecule has 0 unspecified atom stereocenters. The monoisotopic (exact) mass is 376 g/mol. The molecule has 0 aliphatic rings. The number of hydrogen-bond acceptors (Lipinski definition) is 5. The first kappa shape index (κ1) is 18.9. The average molecular weight is 376 g/mol. The Morgan fingerprint density at radius 3 is 2.24 bits per heavy atom.